The average molecular weight is 996 g/mol. The first-order valence-electron chi connectivity index (χ1n) is 29.2. The predicted octanol–water partition coefficient (Wildman–Crippen LogP) is 18.0. The van der Waals surface area contributed by atoms with Crippen molar-refractivity contribution in [3.05, 3.63) is 36.5 Å². The summed E-state index contributed by atoms with van der Waals surface area (Å²) in [7, 11) is 1.49. The third kappa shape index (κ3) is 55.4. The van der Waals surface area contributed by atoms with Crippen LogP contribution in [0, 0.1) is 0 Å². The number of phosphoric acid groups is 1. The topological polar surface area (TPSA) is 108 Å². The molecule has 406 valence electrons. The van der Waals surface area contributed by atoms with E-state index in [2.05, 4.69) is 50.3 Å². The molecule has 2 unspecified atom stereocenters. The monoisotopic (exact) mass is 995 g/mol. The summed E-state index contributed by atoms with van der Waals surface area (Å²) in [6.45, 7) is 4.46. The van der Waals surface area contributed by atoms with Gasteiger partial charge >= 0.3 is 19.8 Å². The van der Waals surface area contributed by atoms with Crippen LogP contribution >= 0.6 is 7.82 Å². The minimum atomic E-state index is -4.38. The zero-order valence-corrected chi connectivity index (χ0v) is 47.0. The number of carbonyl (C=O) groups excluding carboxylic acids is 2. The molecule has 0 radical (unpaired) electrons. The van der Waals surface area contributed by atoms with Gasteiger partial charge in [-0.2, -0.15) is 0 Å². The number of hydrogen-bond acceptors (Lipinski definition) is 7. The number of allylic oxidation sites excluding steroid dienone is 6. The van der Waals surface area contributed by atoms with E-state index in [0.717, 1.165) is 44.9 Å². The number of quaternary nitrogens is 1. The Hall–Kier alpha value is -1.77. The lowest BCUT2D eigenvalue weighted by atomic mass is 10.0. The number of nitrogens with zero attached hydrogens (tertiary/aromatic N) is 1. The van der Waals surface area contributed by atoms with Crippen molar-refractivity contribution >= 4 is 19.8 Å². The van der Waals surface area contributed by atoms with E-state index in [1.807, 2.05) is 21.1 Å². The highest BCUT2D eigenvalue weighted by Gasteiger charge is 2.27. The number of rotatable bonds is 54. The summed E-state index contributed by atoms with van der Waals surface area (Å²) < 4.78 is 34.5. The summed E-state index contributed by atoms with van der Waals surface area (Å²) in [5.74, 6) is -0.784. The average Bonchev–Trinajstić information content (AvgIpc) is 3.31. The Kier molecular flexibility index (Phi) is 49.8. The van der Waals surface area contributed by atoms with Crippen LogP contribution in [0.4, 0.5) is 0 Å². The number of hydrogen-bond donors (Lipinski definition) is 1. The molecule has 0 heterocycles. The van der Waals surface area contributed by atoms with Crippen LogP contribution in [0.3, 0.4) is 0 Å². The van der Waals surface area contributed by atoms with Gasteiger partial charge in [0.15, 0.2) is 6.10 Å². The highest BCUT2D eigenvalue weighted by molar-refractivity contribution is 7.47. The molecule has 9 nitrogen and oxygen atoms in total. The van der Waals surface area contributed by atoms with E-state index in [0.29, 0.717) is 23.9 Å². The molecule has 69 heavy (non-hydrogen) atoms. The molecule has 0 aliphatic heterocycles. The molecule has 0 aliphatic carbocycles. The standard InChI is InChI=1S/C59H112NO8P/c1-6-8-10-12-14-16-18-20-22-23-24-25-26-27-28-29-30-31-32-33-34-35-36-37-38-40-42-44-46-48-50-52-59(62)68-57(56-67-69(63,64)66-54-53-60(3,4)5)55-65-58(61)51-49-47-45-43-41-39-21-19-17-15-13-11-9-7-2/h18,20,23-24,26-27,57H,6-17,19,21-22,25,28-56H2,1-5H3/p+1/b20-18-,24-23-,27-26-. The number of unbranched alkanes of at least 4 members (excludes halogenated alkanes) is 34. The maximum absolute atomic E-state index is 12.8. The summed E-state index contributed by atoms with van der Waals surface area (Å²) in [4.78, 5) is 35.6. The lowest BCUT2D eigenvalue weighted by molar-refractivity contribution is -0.870. The van der Waals surface area contributed by atoms with Gasteiger partial charge in [0, 0.05) is 12.8 Å². The Bertz CT molecular complexity index is 1260. The quantitative estimate of drug-likeness (QED) is 0.0211. The second kappa shape index (κ2) is 51.1. The Labute approximate surface area is 427 Å². The number of ether oxygens (including phenoxy) is 2. The third-order valence-electron chi connectivity index (χ3n) is 12.9. The van der Waals surface area contributed by atoms with Crippen LogP contribution in [-0.2, 0) is 32.7 Å². The lowest BCUT2D eigenvalue weighted by Crippen LogP contribution is -2.37. The fraction of sp³-hybridized carbons (Fsp3) is 0.864. The van der Waals surface area contributed by atoms with Gasteiger partial charge in [-0.25, -0.2) is 4.57 Å². The van der Waals surface area contributed by atoms with Crippen LogP contribution in [0.25, 0.3) is 0 Å². The van der Waals surface area contributed by atoms with E-state index < -0.39 is 26.5 Å². The van der Waals surface area contributed by atoms with E-state index >= 15 is 0 Å². The number of likely N-dealkylation sites (N-methyl/N-ethyl adjacent to an activating group) is 1. The van der Waals surface area contributed by atoms with E-state index in [9.17, 15) is 19.0 Å². The summed E-state index contributed by atoms with van der Waals surface area (Å²) in [6, 6.07) is 0. The molecule has 0 aromatic heterocycles. The summed E-state index contributed by atoms with van der Waals surface area (Å²) >= 11 is 0. The van der Waals surface area contributed by atoms with Crippen molar-refractivity contribution in [2.24, 2.45) is 0 Å². The maximum Gasteiger partial charge on any atom is 0.472 e. The minimum Gasteiger partial charge on any atom is -0.462 e. The smallest absolute Gasteiger partial charge is 0.462 e. The molecule has 0 amide bonds. The van der Waals surface area contributed by atoms with Crippen molar-refractivity contribution in [3.8, 4) is 0 Å². The van der Waals surface area contributed by atoms with Crippen LogP contribution in [0.15, 0.2) is 36.5 Å². The minimum absolute atomic E-state index is 0.0340. The van der Waals surface area contributed by atoms with E-state index in [1.54, 1.807) is 0 Å². The van der Waals surface area contributed by atoms with Gasteiger partial charge in [0.2, 0.25) is 0 Å². The van der Waals surface area contributed by atoms with Crippen molar-refractivity contribution in [1.82, 2.24) is 0 Å². The summed E-state index contributed by atoms with van der Waals surface area (Å²) in [5.41, 5.74) is 0. The van der Waals surface area contributed by atoms with Gasteiger partial charge < -0.3 is 18.9 Å². The molecule has 0 saturated carbocycles. The van der Waals surface area contributed by atoms with Gasteiger partial charge in [-0.1, -0.05) is 249 Å². The molecule has 2 atom stereocenters. The van der Waals surface area contributed by atoms with Crippen molar-refractivity contribution in [2.45, 2.75) is 283 Å². The number of phosphoric ester groups is 1. The van der Waals surface area contributed by atoms with E-state index in [4.69, 9.17) is 18.5 Å². The molecule has 0 aromatic rings. The molecule has 0 fully saturated rings. The first-order chi connectivity index (χ1) is 33.5. The molecule has 0 aromatic carbocycles. The third-order valence-corrected chi connectivity index (χ3v) is 13.9. The van der Waals surface area contributed by atoms with E-state index in [-0.39, 0.29) is 25.6 Å². The Morgan fingerprint density at radius 2 is 0.783 bits per heavy atom. The highest BCUT2D eigenvalue weighted by atomic mass is 31.2. The van der Waals surface area contributed by atoms with Gasteiger partial charge in [0.25, 0.3) is 0 Å². The van der Waals surface area contributed by atoms with Crippen LogP contribution < -0.4 is 0 Å². The van der Waals surface area contributed by atoms with Gasteiger partial charge in [-0.05, 0) is 51.4 Å². The Morgan fingerprint density at radius 1 is 0.449 bits per heavy atom. The predicted molar refractivity (Wildman–Crippen MR) is 294 cm³/mol. The SMILES string of the molecule is CCCCCCC/C=C\C/C=C\C/C=C\CCCCCCCCCCCCCCCCCCC(=O)OC(COC(=O)CCCCCCCCCCCCCCCC)COP(=O)(O)OCC[N+](C)(C)C. The van der Waals surface area contributed by atoms with Crippen LogP contribution in [0.5, 0.6) is 0 Å². The van der Waals surface area contributed by atoms with Crippen molar-refractivity contribution < 1.29 is 42.1 Å². The fourth-order valence-corrected chi connectivity index (χ4v) is 9.12. The number of carbonyl (C=O) groups is 2. The second-order valence-corrected chi connectivity index (χ2v) is 22.5. The molecule has 1 N–H and O–H groups in total. The van der Waals surface area contributed by atoms with Gasteiger partial charge in [-0.15, -0.1) is 0 Å². The van der Waals surface area contributed by atoms with Crippen molar-refractivity contribution in [3.63, 3.8) is 0 Å². The fourth-order valence-electron chi connectivity index (χ4n) is 8.38. The van der Waals surface area contributed by atoms with Crippen molar-refractivity contribution in [2.75, 3.05) is 47.5 Å². The zero-order valence-electron chi connectivity index (χ0n) is 46.1. The summed E-state index contributed by atoms with van der Waals surface area (Å²) in [5, 5.41) is 0. The first kappa shape index (κ1) is 67.2. The second-order valence-electron chi connectivity index (χ2n) is 21.0. The number of esters is 2. The molecule has 0 spiro atoms. The van der Waals surface area contributed by atoms with Crippen LogP contribution in [0.2, 0.25) is 0 Å². The summed E-state index contributed by atoms with van der Waals surface area (Å²) in [6.07, 6.45) is 62.2. The molecule has 0 saturated heterocycles. The van der Waals surface area contributed by atoms with Gasteiger partial charge in [0.1, 0.15) is 19.8 Å². The van der Waals surface area contributed by atoms with Crippen LogP contribution in [-0.4, -0.2) is 74.9 Å². The Balaban J connectivity index is 4.05. The molecule has 0 bridgehead atoms. The zero-order chi connectivity index (χ0) is 50.6. The van der Waals surface area contributed by atoms with Crippen molar-refractivity contribution in [1.29, 1.82) is 0 Å². The molecule has 0 rings (SSSR count). The molecule has 10 heteroatoms. The lowest BCUT2D eigenvalue weighted by Gasteiger charge is -2.24. The highest BCUT2D eigenvalue weighted by Crippen LogP contribution is 2.43. The maximum atomic E-state index is 12.8. The van der Waals surface area contributed by atoms with Crippen LogP contribution in [0.1, 0.15) is 277 Å². The van der Waals surface area contributed by atoms with Gasteiger partial charge in [0.05, 0.1) is 27.7 Å². The molecular formula is C59H113NO8P+. The van der Waals surface area contributed by atoms with E-state index in [1.165, 1.54) is 199 Å². The molecular weight excluding hydrogens is 882 g/mol. The first-order valence-corrected chi connectivity index (χ1v) is 30.7. The Morgan fingerprint density at radius 3 is 1.16 bits per heavy atom. The molecule has 0 aliphatic rings. The largest absolute Gasteiger partial charge is 0.472 e. The normalized spacial score (nSPS) is 13.5. The van der Waals surface area contributed by atoms with Gasteiger partial charge in [-0.3, -0.25) is 18.6 Å².